The molecule has 0 saturated heterocycles. The maximum absolute atomic E-state index is 5.24. The van der Waals surface area contributed by atoms with E-state index in [-0.39, 0.29) is 11.6 Å². The van der Waals surface area contributed by atoms with Gasteiger partial charge in [-0.3, -0.25) is 4.99 Å². The van der Waals surface area contributed by atoms with Gasteiger partial charge in [-0.25, -0.2) is 0 Å². The SMILES string of the molecule is CC1(C)c2cc(-c3ccc(C4N=C(c5ccccc5)C=C(c5ccc(-c6ccccc6)cc5)N4)cc3)ccc2-c2c(-c3ccccc3)cc3ccccc3c21. The highest BCUT2D eigenvalue weighted by atomic mass is 15.1. The van der Waals surface area contributed by atoms with Crippen LogP contribution in [0.4, 0.5) is 0 Å². The molecular formula is C53H40N2. The van der Waals surface area contributed by atoms with E-state index in [2.05, 4.69) is 213 Å². The van der Waals surface area contributed by atoms with Crippen molar-refractivity contribution in [2.24, 2.45) is 4.99 Å². The van der Waals surface area contributed by atoms with Crippen molar-refractivity contribution in [1.29, 1.82) is 0 Å². The minimum Gasteiger partial charge on any atom is -0.360 e. The van der Waals surface area contributed by atoms with E-state index in [1.54, 1.807) is 0 Å². The molecule has 2 aliphatic rings. The number of rotatable bonds is 6. The lowest BCUT2D eigenvalue weighted by Crippen LogP contribution is -2.24. The number of hydrogen-bond donors (Lipinski definition) is 1. The number of nitrogens with zero attached hydrogens (tertiary/aromatic N) is 1. The van der Waals surface area contributed by atoms with Gasteiger partial charge in [-0.05, 0) is 101 Å². The average Bonchev–Trinajstić information content (AvgIpc) is 3.50. The van der Waals surface area contributed by atoms with Gasteiger partial charge in [-0.15, -0.1) is 0 Å². The van der Waals surface area contributed by atoms with Gasteiger partial charge in [-0.1, -0.05) is 190 Å². The molecule has 8 aromatic rings. The molecule has 0 bridgehead atoms. The van der Waals surface area contributed by atoms with Gasteiger partial charge in [-0.2, -0.15) is 0 Å². The van der Waals surface area contributed by atoms with E-state index in [4.69, 9.17) is 4.99 Å². The summed E-state index contributed by atoms with van der Waals surface area (Å²) >= 11 is 0. The minimum atomic E-state index is -0.226. The van der Waals surface area contributed by atoms with Gasteiger partial charge in [0.2, 0.25) is 0 Å². The molecule has 0 saturated carbocycles. The van der Waals surface area contributed by atoms with Crippen molar-refractivity contribution in [2.45, 2.75) is 25.4 Å². The first-order valence-corrected chi connectivity index (χ1v) is 19.2. The summed E-state index contributed by atoms with van der Waals surface area (Å²) in [6.45, 7) is 4.78. The maximum Gasteiger partial charge on any atom is 0.145 e. The first-order chi connectivity index (χ1) is 27.0. The fourth-order valence-corrected chi connectivity index (χ4v) is 8.67. The smallest absolute Gasteiger partial charge is 0.145 e. The Kier molecular flexibility index (Phi) is 7.92. The van der Waals surface area contributed by atoms with Crippen molar-refractivity contribution in [1.82, 2.24) is 5.32 Å². The number of benzene rings is 8. The molecule has 1 atom stereocenters. The number of aliphatic imine (C=N–C) groups is 1. The van der Waals surface area contributed by atoms with E-state index in [1.165, 1.54) is 66.4 Å². The Morgan fingerprint density at radius 3 is 1.73 bits per heavy atom. The molecule has 2 heteroatoms. The van der Waals surface area contributed by atoms with Crippen LogP contribution in [0.3, 0.4) is 0 Å². The standard InChI is InChI=1S/C53H40N2/c1-53(2)47-33-42(30-31-45(47)50-46(38-16-8-4-9-17-38)32-43-20-12-13-21-44(43)51(50)53)37-24-28-41(29-25-37)52-54-48(39-18-10-5-11-19-39)34-49(55-52)40-26-22-36(23-27-40)35-14-6-3-7-15-35/h3-34,52,55H,1-2H3. The third-order valence-corrected chi connectivity index (χ3v) is 11.5. The normalized spacial score (nSPS) is 15.4. The monoisotopic (exact) mass is 704 g/mol. The number of hydrogen-bond acceptors (Lipinski definition) is 2. The molecule has 55 heavy (non-hydrogen) atoms. The topological polar surface area (TPSA) is 24.4 Å². The first kappa shape index (κ1) is 32.8. The third kappa shape index (κ3) is 5.79. The summed E-state index contributed by atoms with van der Waals surface area (Å²) in [7, 11) is 0. The predicted molar refractivity (Wildman–Crippen MR) is 231 cm³/mol. The van der Waals surface area contributed by atoms with Crippen molar-refractivity contribution in [3.05, 3.63) is 222 Å². The molecule has 262 valence electrons. The molecule has 0 aromatic heterocycles. The van der Waals surface area contributed by atoms with Crippen molar-refractivity contribution in [3.8, 4) is 44.5 Å². The van der Waals surface area contributed by atoms with Crippen molar-refractivity contribution >= 4 is 22.2 Å². The van der Waals surface area contributed by atoms with Crippen LogP contribution in [-0.2, 0) is 5.41 Å². The Hall–Kier alpha value is -6.77. The summed E-state index contributed by atoms with van der Waals surface area (Å²) < 4.78 is 0. The molecule has 1 N–H and O–H groups in total. The Morgan fingerprint density at radius 2 is 1.02 bits per heavy atom. The summed E-state index contributed by atoms with van der Waals surface area (Å²) in [5.74, 6) is 0. The second kappa shape index (κ2) is 13.3. The fraction of sp³-hybridized carbons (Fsp3) is 0.0755. The van der Waals surface area contributed by atoms with Crippen LogP contribution in [-0.4, -0.2) is 5.71 Å². The molecular weight excluding hydrogens is 665 g/mol. The molecule has 0 spiro atoms. The quantitative estimate of drug-likeness (QED) is 0.183. The van der Waals surface area contributed by atoms with E-state index in [9.17, 15) is 0 Å². The first-order valence-electron chi connectivity index (χ1n) is 19.2. The van der Waals surface area contributed by atoms with Gasteiger partial charge in [0.05, 0.1) is 5.71 Å². The Morgan fingerprint density at radius 1 is 0.473 bits per heavy atom. The highest BCUT2D eigenvalue weighted by Gasteiger charge is 2.39. The zero-order valence-corrected chi connectivity index (χ0v) is 31.0. The lowest BCUT2D eigenvalue weighted by Gasteiger charge is -2.25. The number of allylic oxidation sites excluding steroid dienone is 1. The van der Waals surface area contributed by atoms with Crippen molar-refractivity contribution in [2.75, 3.05) is 0 Å². The molecule has 2 nitrogen and oxygen atoms in total. The lowest BCUT2D eigenvalue weighted by molar-refractivity contribution is 0.664. The van der Waals surface area contributed by atoms with E-state index >= 15 is 0 Å². The number of fused-ring (bicyclic) bond motifs is 5. The molecule has 0 amide bonds. The molecule has 10 rings (SSSR count). The van der Waals surface area contributed by atoms with Crippen LogP contribution < -0.4 is 5.32 Å². The van der Waals surface area contributed by atoms with E-state index in [0.29, 0.717) is 0 Å². The van der Waals surface area contributed by atoms with Crippen LogP contribution in [0.15, 0.2) is 199 Å². The highest BCUT2D eigenvalue weighted by molar-refractivity contribution is 6.13. The van der Waals surface area contributed by atoms with Gasteiger partial charge in [0, 0.05) is 11.1 Å². The summed E-state index contributed by atoms with van der Waals surface area (Å²) in [6.07, 6.45) is 1.95. The fourth-order valence-electron chi connectivity index (χ4n) is 8.67. The lowest BCUT2D eigenvalue weighted by atomic mass is 9.79. The minimum absolute atomic E-state index is 0.165. The van der Waals surface area contributed by atoms with Gasteiger partial charge in [0.1, 0.15) is 6.17 Å². The second-order valence-electron chi connectivity index (χ2n) is 15.2. The van der Waals surface area contributed by atoms with Crippen LogP contribution in [0.2, 0.25) is 0 Å². The molecule has 0 radical (unpaired) electrons. The van der Waals surface area contributed by atoms with E-state index in [1.807, 2.05) is 0 Å². The van der Waals surface area contributed by atoms with Crippen LogP contribution in [0.5, 0.6) is 0 Å². The number of nitrogens with one attached hydrogen (secondary N) is 1. The second-order valence-corrected chi connectivity index (χ2v) is 15.2. The Balaban J connectivity index is 0.994. The predicted octanol–water partition coefficient (Wildman–Crippen LogP) is 13.3. The summed E-state index contributed by atoms with van der Waals surface area (Å²) in [5, 5.41) is 6.39. The van der Waals surface area contributed by atoms with Gasteiger partial charge >= 0.3 is 0 Å². The van der Waals surface area contributed by atoms with Crippen molar-refractivity contribution < 1.29 is 0 Å². The molecule has 0 fully saturated rings. The van der Waals surface area contributed by atoms with Crippen LogP contribution >= 0.6 is 0 Å². The zero-order chi connectivity index (χ0) is 36.9. The van der Waals surface area contributed by atoms with Gasteiger partial charge < -0.3 is 5.32 Å². The molecule has 1 aliphatic carbocycles. The molecule has 1 heterocycles. The van der Waals surface area contributed by atoms with E-state index in [0.717, 1.165) is 28.1 Å². The summed E-state index contributed by atoms with van der Waals surface area (Å²) in [4.78, 5) is 5.24. The Bertz CT molecular complexity index is 2760. The van der Waals surface area contributed by atoms with Crippen LogP contribution in [0.25, 0.3) is 61.0 Å². The Labute approximate surface area is 323 Å². The maximum atomic E-state index is 5.24. The third-order valence-electron chi connectivity index (χ3n) is 11.5. The molecule has 1 unspecified atom stereocenters. The highest BCUT2D eigenvalue weighted by Crippen LogP contribution is 2.55. The summed E-state index contributed by atoms with van der Waals surface area (Å²) in [6, 6.07) is 68.0. The molecule has 8 aromatic carbocycles. The largest absolute Gasteiger partial charge is 0.360 e. The zero-order valence-electron chi connectivity index (χ0n) is 31.0. The molecule has 1 aliphatic heterocycles. The van der Waals surface area contributed by atoms with Crippen LogP contribution in [0, 0.1) is 0 Å². The summed E-state index contributed by atoms with van der Waals surface area (Å²) in [5.41, 5.74) is 18.1. The van der Waals surface area contributed by atoms with Gasteiger partial charge in [0.15, 0.2) is 0 Å². The van der Waals surface area contributed by atoms with Gasteiger partial charge in [0.25, 0.3) is 0 Å². The van der Waals surface area contributed by atoms with E-state index < -0.39 is 0 Å². The van der Waals surface area contributed by atoms with Crippen molar-refractivity contribution in [3.63, 3.8) is 0 Å². The van der Waals surface area contributed by atoms with Crippen LogP contribution in [0.1, 0.15) is 47.8 Å². The average molecular weight is 705 g/mol.